The van der Waals surface area contributed by atoms with Crippen LogP contribution in [-0.4, -0.2) is 59.3 Å². The molecule has 2 aliphatic heterocycles. The maximum absolute atomic E-state index is 12.5. The van der Waals surface area contributed by atoms with E-state index in [1.807, 2.05) is 29.8 Å². The molecule has 0 unspecified atom stereocenters. The molecule has 32 heavy (non-hydrogen) atoms. The minimum absolute atomic E-state index is 0.0473. The second-order valence-corrected chi connectivity index (χ2v) is 8.93. The Balaban J connectivity index is 0.000000360. The summed E-state index contributed by atoms with van der Waals surface area (Å²) in [4.78, 5) is 29.4. The molecule has 2 aromatic heterocycles. The third-order valence-corrected chi connectivity index (χ3v) is 6.37. The molecule has 2 N–H and O–H groups in total. The number of thiophene rings is 1. The zero-order chi connectivity index (χ0) is 23.2. The van der Waals surface area contributed by atoms with E-state index in [9.17, 15) is 18.0 Å². The average molecular weight is 472 g/mol. The summed E-state index contributed by atoms with van der Waals surface area (Å²) in [6, 6.07) is 10.1. The lowest BCUT2D eigenvalue weighted by Crippen LogP contribution is -2.37. The van der Waals surface area contributed by atoms with Gasteiger partial charge in [-0.2, -0.15) is 13.2 Å². The molecule has 1 amide bonds. The van der Waals surface area contributed by atoms with Crippen LogP contribution in [0.15, 0.2) is 41.9 Å². The van der Waals surface area contributed by atoms with Crippen LogP contribution in [0.2, 0.25) is 0 Å². The van der Waals surface area contributed by atoms with Crippen LogP contribution in [0.1, 0.15) is 17.0 Å². The predicted octanol–water partition coefficient (Wildman–Crippen LogP) is 2.93. The molecule has 0 spiro atoms. The first-order valence-corrected chi connectivity index (χ1v) is 10.9. The van der Waals surface area contributed by atoms with Gasteiger partial charge in [-0.3, -0.25) is 14.7 Å². The molecule has 0 aromatic carbocycles. The molecule has 2 fully saturated rings. The second-order valence-electron chi connectivity index (χ2n) is 7.90. The first kappa shape index (κ1) is 24.1. The topological polar surface area (TPSA) is 91.8 Å². The molecule has 4 heterocycles. The minimum Gasteiger partial charge on any atom is -0.475 e. The summed E-state index contributed by atoms with van der Waals surface area (Å²) in [5, 5.41) is 12.2. The molecule has 174 valence electrons. The number of hydrogen-bond donors (Lipinski definition) is 2. The number of nitrogens with one attached hydrogen (secondary N) is 1. The number of carbonyl (C=O) groups is 2. The van der Waals surface area contributed by atoms with Crippen molar-refractivity contribution in [3.63, 3.8) is 0 Å². The molecule has 4 rings (SSSR count). The minimum atomic E-state index is -5.08. The molecule has 0 aliphatic carbocycles. The fourth-order valence-corrected chi connectivity index (χ4v) is 4.66. The normalized spacial score (nSPS) is 22.7. The maximum Gasteiger partial charge on any atom is 0.490 e. The Morgan fingerprint density at radius 3 is 2.72 bits per heavy atom. The SMILES string of the molecule is O=C(C[C@]12COC[C@H]1CN(Cc1ccccn1)C2)NCc1cccs1.O=C(O)C(F)(F)F. The molecule has 2 aliphatic rings. The van der Waals surface area contributed by atoms with Gasteiger partial charge in [0.2, 0.25) is 5.91 Å². The van der Waals surface area contributed by atoms with Crippen molar-refractivity contribution in [2.45, 2.75) is 25.7 Å². The number of pyridine rings is 1. The first-order valence-electron chi connectivity index (χ1n) is 9.97. The van der Waals surface area contributed by atoms with Gasteiger partial charge in [-0.25, -0.2) is 4.79 Å². The highest BCUT2D eigenvalue weighted by molar-refractivity contribution is 7.09. The fourth-order valence-electron chi connectivity index (χ4n) is 4.02. The van der Waals surface area contributed by atoms with Crippen molar-refractivity contribution in [1.29, 1.82) is 0 Å². The van der Waals surface area contributed by atoms with Gasteiger partial charge in [0.15, 0.2) is 0 Å². The standard InChI is InChI=1S/C19H23N3O2S.C2HF3O2/c23-18(21-9-17-5-3-7-25-17)8-19-13-22(10-15(19)12-24-14-19)11-16-4-1-2-6-20-16;3-2(4,5)1(6)7/h1-7,15H,8-14H2,(H,21,23);(H,6,7)/t15-,19+;/m1./s1. The molecule has 0 radical (unpaired) electrons. The number of ether oxygens (including phenoxy) is 1. The van der Waals surface area contributed by atoms with Gasteiger partial charge in [0, 0.05) is 48.5 Å². The smallest absolute Gasteiger partial charge is 0.475 e. The Hall–Kier alpha value is -2.50. The lowest BCUT2D eigenvalue weighted by atomic mass is 9.78. The Morgan fingerprint density at radius 2 is 2.09 bits per heavy atom. The van der Waals surface area contributed by atoms with Crippen LogP contribution < -0.4 is 5.32 Å². The summed E-state index contributed by atoms with van der Waals surface area (Å²) in [5.41, 5.74) is 1.04. The van der Waals surface area contributed by atoms with Crippen LogP contribution in [0, 0.1) is 11.3 Å². The number of aromatic nitrogens is 1. The van der Waals surface area contributed by atoms with Crippen molar-refractivity contribution in [3.05, 3.63) is 52.5 Å². The second kappa shape index (κ2) is 10.4. The van der Waals surface area contributed by atoms with Crippen molar-refractivity contribution in [3.8, 4) is 0 Å². The van der Waals surface area contributed by atoms with Gasteiger partial charge in [-0.1, -0.05) is 12.1 Å². The van der Waals surface area contributed by atoms with E-state index in [0.29, 0.717) is 25.5 Å². The van der Waals surface area contributed by atoms with Gasteiger partial charge in [0.1, 0.15) is 0 Å². The lowest BCUT2D eigenvalue weighted by molar-refractivity contribution is -0.192. The summed E-state index contributed by atoms with van der Waals surface area (Å²) in [7, 11) is 0. The highest BCUT2D eigenvalue weighted by atomic mass is 32.1. The number of carbonyl (C=O) groups excluding carboxylic acids is 1. The fraction of sp³-hybridized carbons (Fsp3) is 0.476. The monoisotopic (exact) mass is 471 g/mol. The zero-order valence-electron chi connectivity index (χ0n) is 17.2. The number of carboxylic acid groups (broad SMARTS) is 1. The van der Waals surface area contributed by atoms with Crippen LogP contribution in [0.5, 0.6) is 0 Å². The van der Waals surface area contributed by atoms with Crippen molar-refractivity contribution >= 4 is 23.2 Å². The molecule has 2 aromatic rings. The molecule has 2 atom stereocenters. The van der Waals surface area contributed by atoms with E-state index in [1.165, 1.54) is 4.88 Å². The van der Waals surface area contributed by atoms with Crippen molar-refractivity contribution in [1.82, 2.24) is 15.2 Å². The number of likely N-dealkylation sites (tertiary alicyclic amines) is 1. The molecular weight excluding hydrogens is 447 g/mol. The highest BCUT2D eigenvalue weighted by Gasteiger charge is 2.51. The number of fused-ring (bicyclic) bond motifs is 1. The number of carboxylic acids is 1. The molecular formula is C21H24F3N3O4S. The van der Waals surface area contributed by atoms with Crippen LogP contribution in [0.25, 0.3) is 0 Å². The Kier molecular flexibility index (Phi) is 7.86. The van der Waals surface area contributed by atoms with E-state index in [4.69, 9.17) is 14.6 Å². The van der Waals surface area contributed by atoms with E-state index in [-0.39, 0.29) is 11.3 Å². The van der Waals surface area contributed by atoms with Gasteiger partial charge < -0.3 is 15.2 Å². The van der Waals surface area contributed by atoms with Gasteiger partial charge in [-0.15, -0.1) is 11.3 Å². The van der Waals surface area contributed by atoms with E-state index in [0.717, 1.165) is 31.9 Å². The van der Waals surface area contributed by atoms with Crippen LogP contribution >= 0.6 is 11.3 Å². The number of nitrogens with zero attached hydrogens (tertiary/aromatic N) is 2. The zero-order valence-corrected chi connectivity index (χ0v) is 18.0. The van der Waals surface area contributed by atoms with Gasteiger partial charge in [0.25, 0.3) is 0 Å². The first-order chi connectivity index (χ1) is 15.2. The number of halogens is 3. The molecule has 11 heteroatoms. The van der Waals surface area contributed by atoms with Crippen LogP contribution in [0.4, 0.5) is 13.2 Å². The average Bonchev–Trinajstić information content (AvgIpc) is 3.43. The highest BCUT2D eigenvalue weighted by Crippen LogP contribution is 2.44. The maximum atomic E-state index is 12.5. The van der Waals surface area contributed by atoms with Crippen molar-refractivity contribution in [2.75, 3.05) is 26.3 Å². The summed E-state index contributed by atoms with van der Waals surface area (Å²) in [6.45, 7) is 4.79. The Morgan fingerprint density at radius 1 is 1.31 bits per heavy atom. The summed E-state index contributed by atoms with van der Waals surface area (Å²) >= 11 is 1.67. The van der Waals surface area contributed by atoms with Gasteiger partial charge in [0.05, 0.1) is 25.5 Å². The van der Waals surface area contributed by atoms with Gasteiger partial charge in [-0.05, 0) is 23.6 Å². The van der Waals surface area contributed by atoms with Crippen molar-refractivity contribution in [2.24, 2.45) is 11.3 Å². The quantitative estimate of drug-likeness (QED) is 0.673. The van der Waals surface area contributed by atoms with E-state index >= 15 is 0 Å². The Labute approximate surface area is 187 Å². The number of hydrogen-bond acceptors (Lipinski definition) is 6. The van der Waals surface area contributed by atoms with E-state index < -0.39 is 12.1 Å². The number of alkyl halides is 3. The molecule has 0 bridgehead atoms. The van der Waals surface area contributed by atoms with Crippen molar-refractivity contribution < 1.29 is 32.6 Å². The van der Waals surface area contributed by atoms with E-state index in [2.05, 4.69) is 27.3 Å². The summed E-state index contributed by atoms with van der Waals surface area (Å²) < 4.78 is 37.5. The predicted molar refractivity (Wildman–Crippen MR) is 111 cm³/mol. The largest absolute Gasteiger partial charge is 0.490 e. The third-order valence-electron chi connectivity index (χ3n) is 5.50. The summed E-state index contributed by atoms with van der Waals surface area (Å²) in [5.74, 6) is -2.19. The molecule has 7 nitrogen and oxygen atoms in total. The summed E-state index contributed by atoms with van der Waals surface area (Å²) in [6.07, 6.45) is -2.70. The third kappa shape index (κ3) is 6.50. The number of aliphatic carboxylic acids is 1. The number of rotatable bonds is 6. The van der Waals surface area contributed by atoms with Gasteiger partial charge >= 0.3 is 12.1 Å². The van der Waals surface area contributed by atoms with Crippen LogP contribution in [0.3, 0.4) is 0 Å². The molecule has 2 saturated heterocycles. The Bertz CT molecular complexity index is 895. The number of amides is 1. The lowest BCUT2D eigenvalue weighted by Gasteiger charge is -2.26. The van der Waals surface area contributed by atoms with E-state index in [1.54, 1.807) is 11.3 Å². The molecule has 0 saturated carbocycles. The van der Waals surface area contributed by atoms with Crippen LogP contribution in [-0.2, 0) is 27.4 Å².